The lowest BCUT2D eigenvalue weighted by molar-refractivity contribution is 1.25. The SMILES string of the molecule is [C-]#[N+]c1cc(C)c2c(c1)Cc1cc(C#N)ccc1-2. The molecule has 1 aliphatic carbocycles. The number of hydrogen-bond donors (Lipinski definition) is 0. The minimum Gasteiger partial charge on any atom is -0.238 e. The Hall–Kier alpha value is -2.58. The maximum Gasteiger partial charge on any atom is 0.187 e. The summed E-state index contributed by atoms with van der Waals surface area (Å²) in [6.45, 7) is 9.15. The van der Waals surface area contributed by atoms with Gasteiger partial charge in [0.15, 0.2) is 5.69 Å². The molecule has 0 heterocycles. The van der Waals surface area contributed by atoms with Crippen LogP contribution in [0, 0.1) is 24.8 Å². The summed E-state index contributed by atoms with van der Waals surface area (Å²) in [5.74, 6) is 0. The van der Waals surface area contributed by atoms with Gasteiger partial charge in [-0.3, -0.25) is 0 Å². The summed E-state index contributed by atoms with van der Waals surface area (Å²) in [4.78, 5) is 3.50. The maximum atomic E-state index is 8.93. The Bertz CT molecular complexity index is 743. The molecule has 0 bridgehead atoms. The number of aryl methyl sites for hydroxylation is 1. The Kier molecular flexibility index (Phi) is 2.18. The zero-order valence-corrected chi connectivity index (χ0v) is 9.99. The van der Waals surface area contributed by atoms with Gasteiger partial charge in [0.25, 0.3) is 0 Å². The van der Waals surface area contributed by atoms with E-state index in [0.29, 0.717) is 11.3 Å². The highest BCUT2D eigenvalue weighted by Gasteiger charge is 2.21. The highest BCUT2D eigenvalue weighted by atomic mass is 14.6. The van der Waals surface area contributed by atoms with Crippen LogP contribution in [0.4, 0.5) is 5.69 Å². The fourth-order valence-corrected chi connectivity index (χ4v) is 2.69. The van der Waals surface area contributed by atoms with E-state index in [1.165, 1.54) is 22.3 Å². The Morgan fingerprint density at radius 3 is 2.78 bits per heavy atom. The van der Waals surface area contributed by atoms with E-state index in [-0.39, 0.29) is 0 Å². The second-order valence-corrected chi connectivity index (χ2v) is 4.57. The van der Waals surface area contributed by atoms with Gasteiger partial charge in [0.1, 0.15) is 0 Å². The molecule has 2 aromatic rings. The minimum atomic E-state index is 0.694. The van der Waals surface area contributed by atoms with Crippen LogP contribution in [0.5, 0.6) is 0 Å². The van der Waals surface area contributed by atoms with Crippen LogP contribution < -0.4 is 0 Å². The van der Waals surface area contributed by atoms with Gasteiger partial charge < -0.3 is 0 Å². The highest BCUT2D eigenvalue weighted by molar-refractivity contribution is 5.82. The minimum absolute atomic E-state index is 0.694. The van der Waals surface area contributed by atoms with Crippen molar-refractivity contribution in [2.75, 3.05) is 0 Å². The van der Waals surface area contributed by atoms with Crippen molar-refractivity contribution in [2.45, 2.75) is 13.3 Å². The summed E-state index contributed by atoms with van der Waals surface area (Å²) in [6.07, 6.45) is 0.824. The van der Waals surface area contributed by atoms with Crippen LogP contribution in [0.3, 0.4) is 0 Å². The van der Waals surface area contributed by atoms with E-state index in [1.54, 1.807) is 0 Å². The average Bonchev–Trinajstić information content (AvgIpc) is 2.75. The van der Waals surface area contributed by atoms with E-state index in [4.69, 9.17) is 11.8 Å². The Labute approximate surface area is 106 Å². The molecule has 2 aromatic carbocycles. The van der Waals surface area contributed by atoms with Crippen molar-refractivity contribution in [3.05, 3.63) is 64.0 Å². The maximum absolute atomic E-state index is 8.93. The van der Waals surface area contributed by atoms with Crippen LogP contribution in [-0.2, 0) is 6.42 Å². The normalized spacial score (nSPS) is 11.3. The zero-order chi connectivity index (χ0) is 12.7. The quantitative estimate of drug-likeness (QED) is 0.537. The Morgan fingerprint density at radius 1 is 1.22 bits per heavy atom. The number of rotatable bonds is 0. The van der Waals surface area contributed by atoms with E-state index in [9.17, 15) is 0 Å². The van der Waals surface area contributed by atoms with E-state index >= 15 is 0 Å². The van der Waals surface area contributed by atoms with Crippen LogP contribution in [0.2, 0.25) is 0 Å². The molecule has 0 aromatic heterocycles. The molecule has 0 unspecified atom stereocenters. The zero-order valence-electron chi connectivity index (χ0n) is 9.99. The molecule has 3 rings (SSSR count). The van der Waals surface area contributed by atoms with Gasteiger partial charge >= 0.3 is 0 Å². The monoisotopic (exact) mass is 230 g/mol. The number of benzene rings is 2. The molecule has 0 saturated carbocycles. The van der Waals surface area contributed by atoms with Gasteiger partial charge in [0, 0.05) is 0 Å². The molecular weight excluding hydrogens is 220 g/mol. The molecule has 0 saturated heterocycles. The topological polar surface area (TPSA) is 28.1 Å². The smallest absolute Gasteiger partial charge is 0.187 e. The lowest BCUT2D eigenvalue weighted by Gasteiger charge is -2.06. The number of fused-ring (bicyclic) bond motifs is 3. The average molecular weight is 230 g/mol. The summed E-state index contributed by atoms with van der Waals surface area (Å²) in [7, 11) is 0. The van der Waals surface area contributed by atoms with Crippen LogP contribution in [0.15, 0.2) is 30.3 Å². The molecule has 0 fully saturated rings. The summed E-state index contributed by atoms with van der Waals surface area (Å²) in [6, 6.07) is 11.9. The second-order valence-electron chi connectivity index (χ2n) is 4.57. The molecule has 0 N–H and O–H groups in total. The summed E-state index contributed by atoms with van der Waals surface area (Å²) >= 11 is 0. The molecule has 0 aliphatic heterocycles. The number of nitriles is 1. The third kappa shape index (κ3) is 1.40. The Balaban J connectivity index is 2.25. The van der Waals surface area contributed by atoms with Gasteiger partial charge in [-0.15, -0.1) is 0 Å². The third-order valence-corrected chi connectivity index (χ3v) is 3.42. The van der Waals surface area contributed by atoms with Crippen molar-refractivity contribution < 1.29 is 0 Å². The summed E-state index contributed by atoms with van der Waals surface area (Å²) < 4.78 is 0. The lowest BCUT2D eigenvalue weighted by atomic mass is 9.99. The molecule has 0 radical (unpaired) electrons. The molecule has 0 spiro atoms. The molecule has 18 heavy (non-hydrogen) atoms. The van der Waals surface area contributed by atoms with E-state index < -0.39 is 0 Å². The largest absolute Gasteiger partial charge is 0.238 e. The van der Waals surface area contributed by atoms with Gasteiger partial charge in [-0.1, -0.05) is 23.8 Å². The van der Waals surface area contributed by atoms with Crippen molar-refractivity contribution in [2.24, 2.45) is 0 Å². The fraction of sp³-hybridized carbons (Fsp3) is 0.125. The van der Waals surface area contributed by atoms with Gasteiger partial charge in [0.2, 0.25) is 0 Å². The molecule has 1 aliphatic rings. The summed E-state index contributed by atoms with van der Waals surface area (Å²) in [5, 5.41) is 8.93. The lowest BCUT2D eigenvalue weighted by Crippen LogP contribution is -1.83. The van der Waals surface area contributed by atoms with Gasteiger partial charge in [0.05, 0.1) is 18.2 Å². The number of nitrogens with zero attached hydrogens (tertiary/aromatic N) is 2. The molecule has 0 amide bonds. The first-order valence-corrected chi connectivity index (χ1v) is 5.77. The van der Waals surface area contributed by atoms with Gasteiger partial charge in [-0.25, -0.2) is 4.85 Å². The van der Waals surface area contributed by atoms with Crippen molar-refractivity contribution in [3.63, 3.8) is 0 Å². The van der Waals surface area contributed by atoms with Crippen molar-refractivity contribution in [1.29, 1.82) is 5.26 Å². The van der Waals surface area contributed by atoms with Crippen LogP contribution in [0.25, 0.3) is 16.0 Å². The molecule has 2 nitrogen and oxygen atoms in total. The first-order valence-electron chi connectivity index (χ1n) is 5.77. The van der Waals surface area contributed by atoms with Crippen molar-refractivity contribution in [1.82, 2.24) is 0 Å². The van der Waals surface area contributed by atoms with Crippen molar-refractivity contribution in [3.8, 4) is 17.2 Å². The predicted molar refractivity (Wildman–Crippen MR) is 70.4 cm³/mol. The highest BCUT2D eigenvalue weighted by Crippen LogP contribution is 2.41. The van der Waals surface area contributed by atoms with E-state index in [2.05, 4.69) is 10.9 Å². The first kappa shape index (κ1) is 10.6. The first-order chi connectivity index (χ1) is 8.72. The molecular formula is C16H10N2. The summed E-state index contributed by atoms with van der Waals surface area (Å²) in [5.41, 5.74) is 7.37. The van der Waals surface area contributed by atoms with Gasteiger partial charge in [-0.05, 0) is 47.7 Å². The van der Waals surface area contributed by atoms with Gasteiger partial charge in [-0.2, -0.15) is 5.26 Å². The molecule has 84 valence electrons. The fourth-order valence-electron chi connectivity index (χ4n) is 2.69. The number of hydrogen-bond acceptors (Lipinski definition) is 1. The van der Waals surface area contributed by atoms with Crippen LogP contribution >= 0.6 is 0 Å². The van der Waals surface area contributed by atoms with Crippen LogP contribution in [0.1, 0.15) is 22.3 Å². The Morgan fingerprint density at radius 2 is 2.06 bits per heavy atom. The van der Waals surface area contributed by atoms with Crippen LogP contribution in [-0.4, -0.2) is 0 Å². The molecule has 2 heteroatoms. The second kappa shape index (κ2) is 3.72. The molecule has 0 atom stereocenters. The van der Waals surface area contributed by atoms with Crippen molar-refractivity contribution >= 4 is 5.69 Å². The third-order valence-electron chi connectivity index (χ3n) is 3.42. The van der Waals surface area contributed by atoms with E-state index in [0.717, 1.165) is 12.0 Å². The predicted octanol–water partition coefficient (Wildman–Crippen LogP) is 3.99. The van der Waals surface area contributed by atoms with E-state index in [1.807, 2.05) is 37.3 Å². The standard InChI is InChI=1S/C16H10N2/c1-10-5-14(18-2)8-13-7-12-6-11(9-17)3-4-15(12)16(10)13/h3-6,8H,7H2,1H3.